The van der Waals surface area contributed by atoms with E-state index in [2.05, 4.69) is 5.32 Å². The van der Waals surface area contributed by atoms with Crippen LogP contribution in [0.5, 0.6) is 0 Å². The van der Waals surface area contributed by atoms with E-state index in [0.29, 0.717) is 10.7 Å². The van der Waals surface area contributed by atoms with Crippen LogP contribution in [0.3, 0.4) is 0 Å². The van der Waals surface area contributed by atoms with Gasteiger partial charge in [0.15, 0.2) is 0 Å². The van der Waals surface area contributed by atoms with Crippen molar-refractivity contribution in [2.45, 2.75) is 6.92 Å². The van der Waals surface area contributed by atoms with E-state index in [1.54, 1.807) is 0 Å². The van der Waals surface area contributed by atoms with E-state index in [-0.39, 0.29) is 16.4 Å². The molecule has 0 saturated carbocycles. The molecule has 0 aromatic heterocycles. The van der Waals surface area contributed by atoms with Crippen molar-refractivity contribution in [1.82, 2.24) is 0 Å². The van der Waals surface area contributed by atoms with E-state index < -0.39 is 17.7 Å². The topological polar surface area (TPSA) is 92.5 Å². The van der Waals surface area contributed by atoms with Crippen LogP contribution in [-0.4, -0.2) is 17.7 Å². The second-order valence-electron chi connectivity index (χ2n) is 4.83. The lowest BCUT2D eigenvalue weighted by molar-refractivity contribution is -0.136. The smallest absolute Gasteiger partial charge is 0.323 e. The SMILES string of the molecule is CC(=O)N(C(=O)C(=O)Nc1ccc(Cl)c(Cl)c1)c1ccc(N)cc1. The predicted molar refractivity (Wildman–Crippen MR) is 94.1 cm³/mol. The van der Waals surface area contributed by atoms with Gasteiger partial charge in [-0.2, -0.15) is 0 Å². The number of nitrogens with two attached hydrogens (primary N) is 1. The van der Waals surface area contributed by atoms with Gasteiger partial charge in [-0.3, -0.25) is 14.4 Å². The van der Waals surface area contributed by atoms with Gasteiger partial charge in [-0.05, 0) is 42.5 Å². The summed E-state index contributed by atoms with van der Waals surface area (Å²) in [5.41, 5.74) is 6.57. The minimum absolute atomic E-state index is 0.226. The van der Waals surface area contributed by atoms with Crippen molar-refractivity contribution in [2.24, 2.45) is 0 Å². The molecule has 0 radical (unpaired) electrons. The predicted octanol–water partition coefficient (Wildman–Crippen LogP) is 3.09. The van der Waals surface area contributed by atoms with Crippen molar-refractivity contribution >= 4 is 58.0 Å². The summed E-state index contributed by atoms with van der Waals surface area (Å²) in [6, 6.07) is 10.4. The Balaban J connectivity index is 2.22. The highest BCUT2D eigenvalue weighted by Gasteiger charge is 2.27. The van der Waals surface area contributed by atoms with Crippen molar-refractivity contribution in [1.29, 1.82) is 0 Å². The van der Waals surface area contributed by atoms with E-state index in [1.807, 2.05) is 0 Å². The summed E-state index contributed by atoms with van der Waals surface area (Å²) in [4.78, 5) is 37.0. The Bertz CT molecular complexity index is 807. The number of halogens is 2. The molecule has 3 N–H and O–H groups in total. The number of rotatable bonds is 2. The Labute approximate surface area is 148 Å². The van der Waals surface area contributed by atoms with E-state index in [9.17, 15) is 14.4 Å². The number of nitrogens with one attached hydrogen (secondary N) is 1. The molecule has 0 bridgehead atoms. The zero-order valence-electron chi connectivity index (χ0n) is 12.5. The number of amides is 3. The molecule has 0 fully saturated rings. The highest BCUT2D eigenvalue weighted by Crippen LogP contribution is 2.25. The van der Waals surface area contributed by atoms with Gasteiger partial charge in [0.05, 0.1) is 15.7 Å². The highest BCUT2D eigenvalue weighted by molar-refractivity contribution is 6.48. The summed E-state index contributed by atoms with van der Waals surface area (Å²) < 4.78 is 0. The first-order valence-corrected chi connectivity index (χ1v) is 7.52. The first kappa shape index (κ1) is 17.8. The average molecular weight is 366 g/mol. The second-order valence-corrected chi connectivity index (χ2v) is 5.65. The molecule has 8 heteroatoms. The Morgan fingerprint density at radius 1 is 1.00 bits per heavy atom. The number of hydrogen-bond donors (Lipinski definition) is 2. The van der Waals surface area contributed by atoms with Crippen LogP contribution < -0.4 is 16.0 Å². The number of hydrogen-bond acceptors (Lipinski definition) is 4. The number of nitrogen functional groups attached to an aromatic ring is 1. The third-order valence-corrected chi connectivity index (χ3v) is 3.78. The van der Waals surface area contributed by atoms with Crippen molar-refractivity contribution in [3.05, 3.63) is 52.5 Å². The molecule has 3 amide bonds. The maximum absolute atomic E-state index is 12.3. The van der Waals surface area contributed by atoms with Gasteiger partial charge >= 0.3 is 11.8 Å². The number of benzene rings is 2. The number of imide groups is 1. The number of nitrogens with zero attached hydrogens (tertiary/aromatic N) is 1. The molecule has 0 atom stereocenters. The zero-order chi connectivity index (χ0) is 17.9. The second kappa shape index (κ2) is 7.33. The third-order valence-electron chi connectivity index (χ3n) is 3.04. The molecule has 6 nitrogen and oxygen atoms in total. The maximum Gasteiger partial charge on any atom is 0.323 e. The van der Waals surface area contributed by atoms with Crippen LogP contribution in [0.1, 0.15) is 6.92 Å². The molecular formula is C16H13Cl2N3O3. The monoisotopic (exact) mass is 365 g/mol. The summed E-state index contributed by atoms with van der Waals surface area (Å²) >= 11 is 11.6. The first-order valence-electron chi connectivity index (χ1n) is 6.76. The highest BCUT2D eigenvalue weighted by atomic mass is 35.5. The molecule has 0 aliphatic rings. The van der Waals surface area contributed by atoms with Gasteiger partial charge in [0.25, 0.3) is 0 Å². The van der Waals surface area contributed by atoms with Gasteiger partial charge in [-0.25, -0.2) is 4.90 Å². The molecule has 0 aliphatic carbocycles. The normalized spacial score (nSPS) is 10.1. The van der Waals surface area contributed by atoms with Crippen molar-refractivity contribution in [3.8, 4) is 0 Å². The molecule has 2 aromatic rings. The molecule has 0 spiro atoms. The fourth-order valence-corrected chi connectivity index (χ4v) is 2.22. The largest absolute Gasteiger partial charge is 0.399 e. The average Bonchev–Trinajstić information content (AvgIpc) is 2.52. The Hall–Kier alpha value is -2.57. The minimum Gasteiger partial charge on any atom is -0.399 e. The Morgan fingerprint density at radius 3 is 2.17 bits per heavy atom. The molecule has 24 heavy (non-hydrogen) atoms. The molecule has 124 valence electrons. The summed E-state index contributed by atoms with van der Waals surface area (Å²) in [7, 11) is 0. The summed E-state index contributed by atoms with van der Waals surface area (Å²) in [6.45, 7) is 1.18. The Morgan fingerprint density at radius 2 is 1.62 bits per heavy atom. The lowest BCUT2D eigenvalue weighted by Gasteiger charge is -2.18. The van der Waals surface area contributed by atoms with Gasteiger partial charge in [0.2, 0.25) is 5.91 Å². The van der Waals surface area contributed by atoms with Crippen LogP contribution in [0.4, 0.5) is 17.1 Å². The van der Waals surface area contributed by atoms with Crippen LogP contribution in [0.25, 0.3) is 0 Å². The van der Waals surface area contributed by atoms with Crippen molar-refractivity contribution < 1.29 is 14.4 Å². The van der Waals surface area contributed by atoms with Crippen LogP contribution >= 0.6 is 23.2 Å². The van der Waals surface area contributed by atoms with Crippen LogP contribution in [0.2, 0.25) is 10.0 Å². The molecule has 0 heterocycles. The van der Waals surface area contributed by atoms with E-state index in [4.69, 9.17) is 28.9 Å². The van der Waals surface area contributed by atoms with Crippen LogP contribution in [0.15, 0.2) is 42.5 Å². The van der Waals surface area contributed by atoms with E-state index >= 15 is 0 Å². The third kappa shape index (κ3) is 4.04. The molecule has 2 aromatic carbocycles. The van der Waals surface area contributed by atoms with Crippen LogP contribution in [-0.2, 0) is 14.4 Å². The summed E-state index contributed by atoms with van der Waals surface area (Å²) in [5, 5.41) is 2.92. The quantitative estimate of drug-likeness (QED) is 0.631. The standard InChI is InChI=1S/C16H13Cl2N3O3/c1-9(22)21(12-5-2-10(19)3-6-12)16(24)15(23)20-11-4-7-13(17)14(18)8-11/h2-8H,19H2,1H3,(H,20,23). The van der Waals surface area contributed by atoms with Gasteiger partial charge in [-0.15, -0.1) is 0 Å². The molecular weight excluding hydrogens is 353 g/mol. The molecule has 0 aliphatic heterocycles. The van der Waals surface area contributed by atoms with Gasteiger partial charge in [0, 0.05) is 18.3 Å². The van der Waals surface area contributed by atoms with Gasteiger partial charge in [0.1, 0.15) is 0 Å². The minimum atomic E-state index is -1.03. The molecule has 2 rings (SSSR count). The number of carbonyl (C=O) groups excluding carboxylic acids is 3. The Kier molecular flexibility index (Phi) is 5.43. The fourth-order valence-electron chi connectivity index (χ4n) is 1.93. The maximum atomic E-state index is 12.3. The van der Waals surface area contributed by atoms with E-state index in [0.717, 1.165) is 4.90 Å². The molecule has 0 saturated heterocycles. The summed E-state index contributed by atoms with van der Waals surface area (Å²) in [6.07, 6.45) is 0. The van der Waals surface area contributed by atoms with Crippen molar-refractivity contribution in [2.75, 3.05) is 16.0 Å². The number of carbonyl (C=O) groups is 3. The van der Waals surface area contributed by atoms with Gasteiger partial charge in [-0.1, -0.05) is 23.2 Å². The summed E-state index contributed by atoms with van der Waals surface area (Å²) in [5.74, 6) is -2.62. The first-order chi connectivity index (χ1) is 11.3. The fraction of sp³-hybridized carbons (Fsp3) is 0.0625. The molecule has 0 unspecified atom stereocenters. The van der Waals surface area contributed by atoms with Gasteiger partial charge < -0.3 is 11.1 Å². The lowest BCUT2D eigenvalue weighted by Crippen LogP contribution is -2.42. The van der Waals surface area contributed by atoms with E-state index in [1.165, 1.54) is 49.4 Å². The number of anilines is 3. The van der Waals surface area contributed by atoms with Crippen molar-refractivity contribution in [3.63, 3.8) is 0 Å². The zero-order valence-corrected chi connectivity index (χ0v) is 14.1. The van der Waals surface area contributed by atoms with Crippen LogP contribution in [0, 0.1) is 0 Å². The lowest BCUT2D eigenvalue weighted by atomic mass is 10.2.